The lowest BCUT2D eigenvalue weighted by molar-refractivity contribution is 0.327. The summed E-state index contributed by atoms with van der Waals surface area (Å²) in [7, 11) is 0. The molecule has 0 amide bonds. The van der Waals surface area contributed by atoms with E-state index in [0.717, 1.165) is 6.54 Å². The number of nitrogens with zero attached hydrogens (tertiary/aromatic N) is 2. The summed E-state index contributed by atoms with van der Waals surface area (Å²) < 4.78 is 2.21. The first-order chi connectivity index (χ1) is 9.42. The van der Waals surface area contributed by atoms with Gasteiger partial charge in [0.15, 0.2) is 0 Å². The second-order valence-corrected chi connectivity index (χ2v) is 7.02. The molecule has 0 aromatic carbocycles. The van der Waals surface area contributed by atoms with Gasteiger partial charge >= 0.3 is 0 Å². The predicted molar refractivity (Wildman–Crippen MR) is 81.5 cm³/mol. The van der Waals surface area contributed by atoms with Gasteiger partial charge in [-0.25, -0.2) is 0 Å². The molecule has 1 aliphatic heterocycles. The molecular weight excluding hydrogens is 254 g/mol. The van der Waals surface area contributed by atoms with Crippen molar-refractivity contribution in [2.45, 2.75) is 63.6 Å². The fourth-order valence-electron chi connectivity index (χ4n) is 3.17. The van der Waals surface area contributed by atoms with E-state index in [4.69, 9.17) is 5.10 Å². The van der Waals surface area contributed by atoms with Gasteiger partial charge in [0.05, 0.1) is 11.7 Å². The monoisotopic (exact) mass is 279 g/mol. The van der Waals surface area contributed by atoms with Gasteiger partial charge in [-0.3, -0.25) is 4.68 Å². The molecule has 19 heavy (non-hydrogen) atoms. The molecule has 1 aromatic rings. The normalized spacial score (nSPS) is 25.6. The molecule has 1 atom stereocenters. The van der Waals surface area contributed by atoms with E-state index in [1.165, 1.54) is 62.1 Å². The van der Waals surface area contributed by atoms with E-state index in [-0.39, 0.29) is 0 Å². The van der Waals surface area contributed by atoms with Gasteiger partial charge in [-0.2, -0.15) is 16.9 Å². The third-order valence-corrected chi connectivity index (χ3v) is 5.56. The molecule has 1 N–H and O–H groups in total. The molecule has 3 rings (SSSR count). The van der Waals surface area contributed by atoms with Crippen molar-refractivity contribution in [3.8, 4) is 0 Å². The first-order valence-corrected chi connectivity index (χ1v) is 8.92. The van der Waals surface area contributed by atoms with Gasteiger partial charge in [0.25, 0.3) is 0 Å². The summed E-state index contributed by atoms with van der Waals surface area (Å²) in [6.45, 7) is 0.935. The molecule has 1 aliphatic carbocycles. The smallest absolute Gasteiger partial charge is 0.0762 e. The van der Waals surface area contributed by atoms with Crippen LogP contribution in [0, 0.1) is 0 Å². The van der Waals surface area contributed by atoms with E-state index in [9.17, 15) is 0 Å². The number of aromatic nitrogens is 2. The Kier molecular flexibility index (Phi) is 4.83. The molecule has 0 spiro atoms. The van der Waals surface area contributed by atoms with E-state index in [2.05, 4.69) is 34.0 Å². The summed E-state index contributed by atoms with van der Waals surface area (Å²) in [5, 5.41) is 8.42. The highest BCUT2D eigenvalue weighted by Crippen LogP contribution is 2.27. The average Bonchev–Trinajstić information content (AvgIpc) is 2.96. The highest BCUT2D eigenvalue weighted by Gasteiger charge is 2.17. The van der Waals surface area contributed by atoms with E-state index in [1.807, 2.05) is 0 Å². The Morgan fingerprint density at radius 3 is 2.89 bits per heavy atom. The van der Waals surface area contributed by atoms with Crippen molar-refractivity contribution in [2.75, 3.05) is 11.5 Å². The summed E-state index contributed by atoms with van der Waals surface area (Å²) in [5.74, 6) is 2.61. The number of nitrogens with one attached hydrogen (secondary N) is 1. The van der Waals surface area contributed by atoms with Crippen LogP contribution in [0.5, 0.6) is 0 Å². The molecule has 3 nitrogen and oxygen atoms in total. The topological polar surface area (TPSA) is 29.9 Å². The van der Waals surface area contributed by atoms with Crippen molar-refractivity contribution in [1.29, 1.82) is 0 Å². The number of hydrogen-bond donors (Lipinski definition) is 1. The Morgan fingerprint density at radius 1 is 1.21 bits per heavy atom. The highest BCUT2D eigenvalue weighted by atomic mass is 32.2. The maximum absolute atomic E-state index is 4.77. The molecule has 2 aliphatic rings. The van der Waals surface area contributed by atoms with Crippen molar-refractivity contribution >= 4 is 11.8 Å². The number of rotatable bonds is 4. The van der Waals surface area contributed by atoms with Crippen LogP contribution in [-0.2, 0) is 6.54 Å². The lowest BCUT2D eigenvalue weighted by Crippen LogP contribution is -2.33. The molecule has 0 radical (unpaired) electrons. The third-order valence-electron chi connectivity index (χ3n) is 4.34. The summed E-state index contributed by atoms with van der Waals surface area (Å²) in [5.41, 5.74) is 1.21. The summed E-state index contributed by atoms with van der Waals surface area (Å²) >= 11 is 2.08. The van der Waals surface area contributed by atoms with Crippen LogP contribution in [0.25, 0.3) is 0 Å². The average molecular weight is 279 g/mol. The lowest BCUT2D eigenvalue weighted by Gasteiger charge is -2.22. The zero-order chi connectivity index (χ0) is 12.9. The molecule has 106 valence electrons. The van der Waals surface area contributed by atoms with E-state index < -0.39 is 0 Å². The van der Waals surface area contributed by atoms with Gasteiger partial charge in [-0.1, -0.05) is 19.3 Å². The number of hydrogen-bond acceptors (Lipinski definition) is 3. The van der Waals surface area contributed by atoms with E-state index in [1.54, 1.807) is 0 Å². The maximum atomic E-state index is 4.77. The third kappa shape index (κ3) is 3.76. The molecule has 4 heteroatoms. The van der Waals surface area contributed by atoms with Crippen molar-refractivity contribution in [1.82, 2.24) is 15.1 Å². The minimum absolute atomic E-state index is 0.660. The molecule has 1 saturated carbocycles. The van der Waals surface area contributed by atoms with Crippen molar-refractivity contribution in [3.63, 3.8) is 0 Å². The second-order valence-electron chi connectivity index (χ2n) is 5.87. The Bertz CT molecular complexity index is 378. The van der Waals surface area contributed by atoms with E-state index >= 15 is 0 Å². The minimum Gasteiger partial charge on any atom is -0.307 e. The van der Waals surface area contributed by atoms with Gasteiger partial charge < -0.3 is 5.32 Å². The zero-order valence-corrected chi connectivity index (χ0v) is 12.5. The largest absolute Gasteiger partial charge is 0.307 e. The molecule has 1 saturated heterocycles. The second kappa shape index (κ2) is 6.80. The van der Waals surface area contributed by atoms with Gasteiger partial charge in [0.1, 0.15) is 0 Å². The van der Waals surface area contributed by atoms with Gasteiger partial charge in [0.2, 0.25) is 0 Å². The van der Waals surface area contributed by atoms with Crippen LogP contribution >= 0.6 is 11.8 Å². The Labute approximate surface area is 120 Å². The van der Waals surface area contributed by atoms with Crippen LogP contribution in [-0.4, -0.2) is 27.3 Å². The zero-order valence-electron chi connectivity index (χ0n) is 11.7. The van der Waals surface area contributed by atoms with Crippen LogP contribution in [0.1, 0.15) is 56.7 Å². The molecule has 2 heterocycles. The van der Waals surface area contributed by atoms with E-state index in [0.29, 0.717) is 12.1 Å². The molecular formula is C15H25N3S. The Balaban J connectivity index is 1.49. The summed E-state index contributed by atoms with van der Waals surface area (Å²) in [6.07, 6.45) is 11.7. The van der Waals surface area contributed by atoms with Crippen LogP contribution in [0.3, 0.4) is 0 Å². The van der Waals surface area contributed by atoms with Crippen LogP contribution < -0.4 is 5.32 Å². The van der Waals surface area contributed by atoms with Gasteiger partial charge in [0, 0.05) is 24.5 Å². The molecule has 1 unspecified atom stereocenters. The quantitative estimate of drug-likeness (QED) is 0.916. The van der Waals surface area contributed by atoms with Crippen molar-refractivity contribution in [2.24, 2.45) is 0 Å². The molecule has 1 aromatic heterocycles. The van der Waals surface area contributed by atoms with Crippen molar-refractivity contribution < 1.29 is 0 Å². The highest BCUT2D eigenvalue weighted by molar-refractivity contribution is 7.99. The fraction of sp³-hybridized carbons (Fsp3) is 0.800. The van der Waals surface area contributed by atoms with Crippen molar-refractivity contribution in [3.05, 3.63) is 18.0 Å². The number of thioether (sulfide) groups is 1. The molecule has 0 bridgehead atoms. The summed E-state index contributed by atoms with van der Waals surface area (Å²) in [6, 6.07) is 3.55. The molecule has 2 fully saturated rings. The first-order valence-electron chi connectivity index (χ1n) is 7.77. The van der Waals surface area contributed by atoms with Crippen LogP contribution in [0.2, 0.25) is 0 Å². The summed E-state index contributed by atoms with van der Waals surface area (Å²) in [4.78, 5) is 0. The minimum atomic E-state index is 0.660. The van der Waals surface area contributed by atoms with Crippen LogP contribution in [0.4, 0.5) is 0 Å². The first kappa shape index (κ1) is 13.5. The Morgan fingerprint density at radius 2 is 2.11 bits per heavy atom. The Hall–Kier alpha value is -0.480. The fourth-order valence-corrected chi connectivity index (χ4v) is 4.28. The predicted octanol–water partition coefficient (Wildman–Crippen LogP) is 3.37. The standard InChI is InChI=1S/C15H25N3S/c1-2-6-15(7-3-1)18-9-8-13(17-18)11-16-14-5-4-10-19-12-14/h8-9,14-16H,1-7,10-12H2. The van der Waals surface area contributed by atoms with Gasteiger partial charge in [-0.05, 0) is 37.5 Å². The SMILES string of the molecule is c1cn(C2CCCCC2)nc1CNC1CCCSC1. The lowest BCUT2D eigenvalue weighted by atomic mass is 9.96. The van der Waals surface area contributed by atoms with Crippen LogP contribution in [0.15, 0.2) is 12.3 Å². The van der Waals surface area contributed by atoms with Gasteiger partial charge in [-0.15, -0.1) is 0 Å². The maximum Gasteiger partial charge on any atom is 0.0762 e.